The van der Waals surface area contributed by atoms with Gasteiger partial charge in [0, 0.05) is 5.69 Å². The van der Waals surface area contributed by atoms with Gasteiger partial charge in [0.2, 0.25) is 15.9 Å². The number of rotatable bonds is 6. The second kappa shape index (κ2) is 7.26. The van der Waals surface area contributed by atoms with Crippen LogP contribution in [0.15, 0.2) is 53.4 Å². The number of hydrogen-bond donors (Lipinski definition) is 2. The first-order valence-corrected chi connectivity index (χ1v) is 8.39. The van der Waals surface area contributed by atoms with Crippen LogP contribution >= 0.6 is 0 Å². The number of benzene rings is 2. The van der Waals surface area contributed by atoms with Crippen LogP contribution < -0.4 is 14.8 Å². The molecule has 0 fully saturated rings. The van der Waals surface area contributed by atoms with Gasteiger partial charge in [0.25, 0.3) is 0 Å². The maximum atomic E-state index is 12.1. The summed E-state index contributed by atoms with van der Waals surface area (Å²) in [5.41, 5.74) is 1.39. The molecule has 0 aromatic heterocycles. The zero-order valence-corrected chi connectivity index (χ0v) is 13.7. The van der Waals surface area contributed by atoms with Crippen LogP contribution in [0.2, 0.25) is 0 Å². The SMILES string of the molecule is COc1ccc(NC(=O)CNS(=O)(=O)c2cccc(C)c2)cc1. The number of ether oxygens (including phenoxy) is 1. The lowest BCUT2D eigenvalue weighted by Gasteiger charge is -2.09. The Labute approximate surface area is 135 Å². The topological polar surface area (TPSA) is 84.5 Å². The zero-order valence-electron chi connectivity index (χ0n) is 12.9. The van der Waals surface area contributed by atoms with E-state index in [-0.39, 0.29) is 11.4 Å². The van der Waals surface area contributed by atoms with Gasteiger partial charge in [0.05, 0.1) is 18.6 Å². The third kappa shape index (κ3) is 4.80. The summed E-state index contributed by atoms with van der Waals surface area (Å²) in [7, 11) is -2.16. The molecule has 0 spiro atoms. The largest absolute Gasteiger partial charge is 0.497 e. The predicted molar refractivity (Wildman–Crippen MR) is 88.0 cm³/mol. The van der Waals surface area contributed by atoms with Crippen LogP contribution in [-0.2, 0) is 14.8 Å². The average Bonchev–Trinajstić information content (AvgIpc) is 2.54. The highest BCUT2D eigenvalue weighted by atomic mass is 32.2. The van der Waals surface area contributed by atoms with Gasteiger partial charge < -0.3 is 10.1 Å². The summed E-state index contributed by atoms with van der Waals surface area (Å²) < 4.78 is 31.5. The molecule has 0 radical (unpaired) electrons. The summed E-state index contributed by atoms with van der Waals surface area (Å²) in [4.78, 5) is 12.0. The molecule has 6 nitrogen and oxygen atoms in total. The molecular weight excluding hydrogens is 316 g/mol. The molecule has 0 aliphatic carbocycles. The van der Waals surface area contributed by atoms with E-state index in [9.17, 15) is 13.2 Å². The van der Waals surface area contributed by atoms with E-state index in [0.29, 0.717) is 11.4 Å². The summed E-state index contributed by atoms with van der Waals surface area (Å²) in [6, 6.07) is 13.2. The van der Waals surface area contributed by atoms with Gasteiger partial charge >= 0.3 is 0 Å². The normalized spacial score (nSPS) is 11.0. The van der Waals surface area contributed by atoms with Gasteiger partial charge in [-0.05, 0) is 48.9 Å². The molecule has 0 saturated heterocycles. The molecule has 23 heavy (non-hydrogen) atoms. The van der Waals surface area contributed by atoms with Crippen molar-refractivity contribution in [2.45, 2.75) is 11.8 Å². The van der Waals surface area contributed by atoms with Crippen LogP contribution in [0.4, 0.5) is 5.69 Å². The molecule has 2 aromatic carbocycles. The van der Waals surface area contributed by atoms with Crippen molar-refractivity contribution in [1.82, 2.24) is 4.72 Å². The minimum atomic E-state index is -3.71. The Morgan fingerprint density at radius 3 is 2.43 bits per heavy atom. The third-order valence-corrected chi connectivity index (χ3v) is 4.50. The van der Waals surface area contributed by atoms with Crippen molar-refractivity contribution >= 4 is 21.6 Å². The fourth-order valence-corrected chi connectivity index (χ4v) is 2.99. The first kappa shape index (κ1) is 17.0. The third-order valence-electron chi connectivity index (χ3n) is 3.10. The van der Waals surface area contributed by atoms with E-state index in [1.165, 1.54) is 6.07 Å². The average molecular weight is 334 g/mol. The number of anilines is 1. The molecule has 0 aliphatic heterocycles. The number of carbonyl (C=O) groups excluding carboxylic acids is 1. The van der Waals surface area contributed by atoms with Crippen molar-refractivity contribution in [3.63, 3.8) is 0 Å². The summed E-state index contributed by atoms with van der Waals surface area (Å²) in [5.74, 6) is 0.217. The van der Waals surface area contributed by atoms with E-state index in [2.05, 4.69) is 10.0 Å². The summed E-state index contributed by atoms with van der Waals surface area (Å²) in [6.07, 6.45) is 0. The number of aryl methyl sites for hydroxylation is 1. The molecule has 2 N–H and O–H groups in total. The van der Waals surface area contributed by atoms with E-state index in [1.54, 1.807) is 56.5 Å². The summed E-state index contributed by atoms with van der Waals surface area (Å²) in [5, 5.41) is 2.61. The van der Waals surface area contributed by atoms with Crippen LogP contribution in [0.5, 0.6) is 5.75 Å². The van der Waals surface area contributed by atoms with Crippen LogP contribution in [0.25, 0.3) is 0 Å². The van der Waals surface area contributed by atoms with Crippen LogP contribution in [0.1, 0.15) is 5.56 Å². The molecule has 2 rings (SSSR count). The molecule has 7 heteroatoms. The van der Waals surface area contributed by atoms with Gasteiger partial charge in [0.1, 0.15) is 5.75 Å². The molecule has 0 saturated carbocycles. The lowest BCUT2D eigenvalue weighted by molar-refractivity contribution is -0.115. The standard InChI is InChI=1S/C16H18N2O4S/c1-12-4-3-5-15(10-12)23(20,21)17-11-16(19)18-13-6-8-14(22-2)9-7-13/h3-10,17H,11H2,1-2H3,(H,18,19). The Hall–Kier alpha value is -2.38. The van der Waals surface area contributed by atoms with E-state index < -0.39 is 15.9 Å². The zero-order chi connectivity index (χ0) is 16.9. The van der Waals surface area contributed by atoms with Gasteiger partial charge in [-0.2, -0.15) is 0 Å². The molecule has 1 amide bonds. The molecule has 0 aliphatic rings. The van der Waals surface area contributed by atoms with Gasteiger partial charge in [-0.1, -0.05) is 12.1 Å². The van der Waals surface area contributed by atoms with Crippen molar-refractivity contribution in [3.8, 4) is 5.75 Å². The first-order valence-electron chi connectivity index (χ1n) is 6.91. The van der Waals surface area contributed by atoms with Gasteiger partial charge in [-0.15, -0.1) is 0 Å². The van der Waals surface area contributed by atoms with Crippen LogP contribution in [-0.4, -0.2) is 28.0 Å². The van der Waals surface area contributed by atoms with Crippen molar-refractivity contribution in [2.75, 3.05) is 19.0 Å². The van der Waals surface area contributed by atoms with E-state index in [1.807, 2.05) is 0 Å². The molecular formula is C16H18N2O4S. The van der Waals surface area contributed by atoms with E-state index >= 15 is 0 Å². The fourth-order valence-electron chi connectivity index (χ4n) is 1.91. The fraction of sp³-hybridized carbons (Fsp3) is 0.188. The van der Waals surface area contributed by atoms with Crippen molar-refractivity contribution in [3.05, 3.63) is 54.1 Å². The number of sulfonamides is 1. The van der Waals surface area contributed by atoms with Crippen molar-refractivity contribution in [2.24, 2.45) is 0 Å². The number of nitrogens with one attached hydrogen (secondary N) is 2. The smallest absolute Gasteiger partial charge is 0.241 e. The molecule has 0 bridgehead atoms. The predicted octanol–water partition coefficient (Wildman–Crippen LogP) is 1.92. The van der Waals surface area contributed by atoms with Crippen LogP contribution in [0.3, 0.4) is 0 Å². The van der Waals surface area contributed by atoms with Crippen LogP contribution in [0, 0.1) is 6.92 Å². The summed E-state index contributed by atoms with van der Waals surface area (Å²) in [6.45, 7) is 1.46. The second-order valence-corrected chi connectivity index (χ2v) is 6.68. The number of methoxy groups -OCH3 is 1. The maximum absolute atomic E-state index is 12.1. The Balaban J connectivity index is 1.95. The monoisotopic (exact) mass is 334 g/mol. The van der Waals surface area contributed by atoms with E-state index in [0.717, 1.165) is 5.56 Å². The maximum Gasteiger partial charge on any atom is 0.241 e. The molecule has 0 heterocycles. The van der Waals surface area contributed by atoms with Crippen molar-refractivity contribution < 1.29 is 17.9 Å². The molecule has 122 valence electrons. The Kier molecular flexibility index (Phi) is 5.36. The number of amides is 1. The first-order chi connectivity index (χ1) is 10.9. The van der Waals surface area contributed by atoms with Crippen molar-refractivity contribution in [1.29, 1.82) is 0 Å². The Bertz CT molecular complexity index is 786. The number of hydrogen-bond acceptors (Lipinski definition) is 4. The highest BCUT2D eigenvalue weighted by Crippen LogP contribution is 2.15. The Morgan fingerprint density at radius 2 is 1.83 bits per heavy atom. The lowest BCUT2D eigenvalue weighted by atomic mass is 10.2. The molecule has 0 atom stereocenters. The summed E-state index contributed by atoms with van der Waals surface area (Å²) >= 11 is 0. The second-order valence-electron chi connectivity index (χ2n) is 4.92. The van der Waals surface area contributed by atoms with Gasteiger partial charge in [-0.25, -0.2) is 13.1 Å². The van der Waals surface area contributed by atoms with E-state index in [4.69, 9.17) is 4.74 Å². The highest BCUT2D eigenvalue weighted by molar-refractivity contribution is 7.89. The Morgan fingerprint density at radius 1 is 1.13 bits per heavy atom. The highest BCUT2D eigenvalue weighted by Gasteiger charge is 2.15. The quantitative estimate of drug-likeness (QED) is 0.845. The number of carbonyl (C=O) groups is 1. The minimum Gasteiger partial charge on any atom is -0.497 e. The van der Waals surface area contributed by atoms with Gasteiger partial charge in [0.15, 0.2) is 0 Å². The lowest BCUT2D eigenvalue weighted by Crippen LogP contribution is -2.32. The molecule has 0 unspecified atom stereocenters. The minimum absolute atomic E-state index is 0.134. The molecule has 2 aromatic rings. The van der Waals surface area contributed by atoms with Gasteiger partial charge in [-0.3, -0.25) is 4.79 Å².